The molecule has 0 aliphatic rings. The molecule has 4 aromatic carbocycles. The summed E-state index contributed by atoms with van der Waals surface area (Å²) in [7, 11) is 0. The molecule has 6 nitrogen and oxygen atoms in total. The minimum absolute atomic E-state index is 0.584. The molecule has 0 aliphatic heterocycles. The summed E-state index contributed by atoms with van der Waals surface area (Å²) in [5, 5.41) is 6.08. The fraction of sp³-hybridized carbons (Fsp3) is 0. The summed E-state index contributed by atoms with van der Waals surface area (Å²) in [5.41, 5.74) is 5.52. The molecule has 0 unspecified atom stereocenters. The summed E-state index contributed by atoms with van der Waals surface area (Å²) in [5.74, 6) is 1.75. The van der Waals surface area contributed by atoms with Gasteiger partial charge in [0.05, 0.1) is 11.2 Å². The molecule has 0 atom stereocenters. The van der Waals surface area contributed by atoms with Crippen LogP contribution in [0.1, 0.15) is 0 Å². The number of hydrogen-bond donors (Lipinski definition) is 0. The van der Waals surface area contributed by atoms with Crippen LogP contribution in [0.3, 0.4) is 0 Å². The predicted octanol–water partition coefficient (Wildman–Crippen LogP) is 9.40. The quantitative estimate of drug-likeness (QED) is 0.189. The minimum Gasteiger partial charge on any atom is -0.265 e. The van der Waals surface area contributed by atoms with Crippen LogP contribution < -0.4 is 0 Å². The van der Waals surface area contributed by atoms with Gasteiger partial charge in [-0.3, -0.25) is 9.97 Å². The van der Waals surface area contributed by atoms with E-state index in [1.54, 1.807) is 24.8 Å². The highest BCUT2D eigenvalue weighted by Crippen LogP contribution is 2.43. The topological polar surface area (TPSA) is 77.3 Å². The molecule has 45 heavy (non-hydrogen) atoms. The molecular formula is C38H22N6S. The van der Waals surface area contributed by atoms with E-state index >= 15 is 0 Å². The lowest BCUT2D eigenvalue weighted by molar-refractivity contribution is 1.07. The number of benzene rings is 4. The molecule has 0 N–H and O–H groups in total. The molecular weight excluding hydrogens is 573 g/mol. The SMILES string of the molecule is c1cc(-c2nc(-c3ccncc3)nc(-c3ccncc3)n2)cc(-c2nc3ccccc3c3c2ccc2c4ccccc4sc23)c1. The van der Waals surface area contributed by atoms with Gasteiger partial charge in [-0.15, -0.1) is 11.3 Å². The number of nitrogens with zero attached hydrogens (tertiary/aromatic N) is 6. The second kappa shape index (κ2) is 10.4. The van der Waals surface area contributed by atoms with Gasteiger partial charge in [0.25, 0.3) is 0 Å². The Balaban J connectivity index is 1.27. The van der Waals surface area contributed by atoms with Crippen molar-refractivity contribution in [3.05, 3.63) is 134 Å². The number of aromatic nitrogens is 6. The molecule has 9 aromatic rings. The number of pyridine rings is 3. The Morgan fingerprint density at radius 3 is 1.76 bits per heavy atom. The normalized spacial score (nSPS) is 11.6. The van der Waals surface area contributed by atoms with Crippen molar-refractivity contribution < 1.29 is 0 Å². The first-order chi connectivity index (χ1) is 22.3. The third-order valence-corrected chi connectivity index (χ3v) is 9.32. The van der Waals surface area contributed by atoms with Gasteiger partial charge in [-0.1, -0.05) is 66.7 Å². The van der Waals surface area contributed by atoms with Crippen molar-refractivity contribution >= 4 is 53.2 Å². The lowest BCUT2D eigenvalue weighted by Crippen LogP contribution is -2.00. The summed E-state index contributed by atoms with van der Waals surface area (Å²) in [4.78, 5) is 28.2. The smallest absolute Gasteiger partial charge is 0.164 e. The molecule has 0 bridgehead atoms. The Morgan fingerprint density at radius 2 is 1.02 bits per heavy atom. The van der Waals surface area contributed by atoms with Gasteiger partial charge in [-0.25, -0.2) is 19.9 Å². The molecule has 0 amide bonds. The fourth-order valence-corrected chi connectivity index (χ4v) is 7.27. The Bertz CT molecular complexity index is 2490. The molecule has 210 valence electrons. The van der Waals surface area contributed by atoms with Crippen LogP contribution >= 0.6 is 11.3 Å². The zero-order valence-corrected chi connectivity index (χ0v) is 24.6. The number of rotatable bonds is 4. The van der Waals surface area contributed by atoms with E-state index in [1.807, 2.05) is 47.7 Å². The number of para-hydroxylation sites is 1. The van der Waals surface area contributed by atoms with Gasteiger partial charge in [0.1, 0.15) is 0 Å². The van der Waals surface area contributed by atoms with Crippen molar-refractivity contribution in [2.45, 2.75) is 0 Å². The van der Waals surface area contributed by atoms with Crippen molar-refractivity contribution in [1.29, 1.82) is 0 Å². The first-order valence-electron chi connectivity index (χ1n) is 14.6. The monoisotopic (exact) mass is 594 g/mol. The first-order valence-corrected chi connectivity index (χ1v) is 15.4. The molecule has 9 rings (SSSR count). The van der Waals surface area contributed by atoms with Crippen molar-refractivity contribution in [2.75, 3.05) is 0 Å². The van der Waals surface area contributed by atoms with Gasteiger partial charge in [0.15, 0.2) is 17.5 Å². The molecule has 0 radical (unpaired) electrons. The Labute approximate surface area is 261 Å². The second-order valence-electron chi connectivity index (χ2n) is 10.8. The third-order valence-electron chi connectivity index (χ3n) is 8.11. The minimum atomic E-state index is 0.584. The maximum atomic E-state index is 5.24. The highest BCUT2D eigenvalue weighted by Gasteiger charge is 2.17. The average Bonchev–Trinajstić information content (AvgIpc) is 3.51. The lowest BCUT2D eigenvalue weighted by atomic mass is 9.97. The van der Waals surface area contributed by atoms with Crippen molar-refractivity contribution in [1.82, 2.24) is 29.9 Å². The van der Waals surface area contributed by atoms with Gasteiger partial charge in [-0.05, 0) is 42.5 Å². The molecule has 7 heteroatoms. The molecule has 0 saturated carbocycles. The zero-order valence-electron chi connectivity index (χ0n) is 23.8. The van der Waals surface area contributed by atoms with Gasteiger partial charge in [0.2, 0.25) is 0 Å². The van der Waals surface area contributed by atoms with Crippen molar-refractivity contribution in [2.24, 2.45) is 0 Å². The van der Waals surface area contributed by atoms with Crippen LogP contribution in [0.4, 0.5) is 0 Å². The van der Waals surface area contributed by atoms with Crippen molar-refractivity contribution in [3.8, 4) is 45.4 Å². The average molecular weight is 595 g/mol. The molecule has 0 spiro atoms. The van der Waals surface area contributed by atoms with E-state index in [-0.39, 0.29) is 0 Å². The Hall–Kier alpha value is -5.92. The van der Waals surface area contributed by atoms with Crippen LogP contribution in [0.5, 0.6) is 0 Å². The van der Waals surface area contributed by atoms with E-state index in [2.05, 4.69) is 82.8 Å². The molecule has 5 aromatic heterocycles. The molecule has 0 fully saturated rings. The maximum Gasteiger partial charge on any atom is 0.164 e. The zero-order chi connectivity index (χ0) is 29.7. The summed E-state index contributed by atoms with van der Waals surface area (Å²) in [6.45, 7) is 0. The van der Waals surface area contributed by atoms with E-state index < -0.39 is 0 Å². The van der Waals surface area contributed by atoms with Crippen LogP contribution in [0.2, 0.25) is 0 Å². The Morgan fingerprint density at radius 1 is 0.422 bits per heavy atom. The van der Waals surface area contributed by atoms with Gasteiger partial charge in [-0.2, -0.15) is 0 Å². The Kier molecular flexibility index (Phi) is 5.89. The second-order valence-corrected chi connectivity index (χ2v) is 11.9. The first kappa shape index (κ1) is 25.6. The molecule has 0 saturated heterocycles. The lowest BCUT2D eigenvalue weighted by Gasteiger charge is -2.12. The van der Waals surface area contributed by atoms with E-state index in [0.29, 0.717) is 17.5 Å². The number of hydrogen-bond acceptors (Lipinski definition) is 7. The van der Waals surface area contributed by atoms with Gasteiger partial charge >= 0.3 is 0 Å². The summed E-state index contributed by atoms with van der Waals surface area (Å²) in [6.07, 6.45) is 6.98. The summed E-state index contributed by atoms with van der Waals surface area (Å²) in [6, 6.07) is 37.5. The van der Waals surface area contributed by atoms with Crippen molar-refractivity contribution in [3.63, 3.8) is 0 Å². The summed E-state index contributed by atoms with van der Waals surface area (Å²) < 4.78 is 2.57. The third kappa shape index (κ3) is 4.32. The molecule has 0 aliphatic carbocycles. The number of thiophene rings is 1. The van der Waals surface area contributed by atoms with Crippen LogP contribution in [0.25, 0.3) is 87.3 Å². The summed E-state index contributed by atoms with van der Waals surface area (Å²) >= 11 is 1.85. The highest BCUT2D eigenvalue weighted by molar-refractivity contribution is 7.26. The largest absolute Gasteiger partial charge is 0.265 e. The predicted molar refractivity (Wildman–Crippen MR) is 183 cm³/mol. The highest BCUT2D eigenvalue weighted by atomic mass is 32.1. The van der Waals surface area contributed by atoms with Crippen LogP contribution in [-0.2, 0) is 0 Å². The number of fused-ring (bicyclic) bond motifs is 7. The van der Waals surface area contributed by atoms with E-state index in [1.165, 1.54) is 25.6 Å². The van der Waals surface area contributed by atoms with Crippen LogP contribution in [-0.4, -0.2) is 29.9 Å². The van der Waals surface area contributed by atoms with E-state index in [4.69, 9.17) is 19.9 Å². The maximum absolute atomic E-state index is 5.24. The van der Waals surface area contributed by atoms with Gasteiger partial charge < -0.3 is 0 Å². The van der Waals surface area contributed by atoms with E-state index in [0.717, 1.165) is 44.2 Å². The standard InChI is InChI=1S/C38H22N6S/c1-3-10-31-29(9-1)33-30(13-12-28-27-8-2-4-11-32(27)45-35(28)33)34(41-31)25-6-5-7-26(22-25)38-43-36(23-14-18-39-19-15-23)42-37(44-38)24-16-20-40-21-17-24/h1-22H. The van der Waals surface area contributed by atoms with Crippen LogP contribution in [0, 0.1) is 0 Å². The van der Waals surface area contributed by atoms with Gasteiger partial charge in [0, 0.05) is 83.4 Å². The fourth-order valence-electron chi connectivity index (χ4n) is 6.01. The van der Waals surface area contributed by atoms with E-state index in [9.17, 15) is 0 Å². The molecule has 5 heterocycles. The van der Waals surface area contributed by atoms with Crippen LogP contribution in [0.15, 0.2) is 134 Å².